The molecule has 3 nitrogen and oxygen atoms in total. The van der Waals surface area contributed by atoms with Gasteiger partial charge in [-0.2, -0.15) is 0 Å². The zero-order valence-electron chi connectivity index (χ0n) is 11.2. The Bertz CT molecular complexity index is 509. The van der Waals surface area contributed by atoms with Gasteiger partial charge in [-0.3, -0.25) is 4.79 Å². The SMILES string of the molecule is CCNC(=O)c1cccc(NC2CC3CC=CC32)c1. The van der Waals surface area contributed by atoms with Crippen molar-refractivity contribution in [3.8, 4) is 0 Å². The maximum Gasteiger partial charge on any atom is 0.251 e. The molecule has 0 heterocycles. The van der Waals surface area contributed by atoms with E-state index in [1.54, 1.807) is 0 Å². The van der Waals surface area contributed by atoms with E-state index in [9.17, 15) is 4.79 Å². The van der Waals surface area contributed by atoms with Crippen LogP contribution in [0.3, 0.4) is 0 Å². The second kappa shape index (κ2) is 5.08. The standard InChI is InChI=1S/C16H20N2O/c1-2-17-16(19)12-6-3-7-13(9-12)18-15-10-11-5-4-8-14(11)15/h3-4,6-9,11,14-15,18H,2,5,10H2,1H3,(H,17,19). The van der Waals surface area contributed by atoms with Gasteiger partial charge >= 0.3 is 0 Å². The lowest BCUT2D eigenvalue weighted by Gasteiger charge is -2.41. The molecule has 1 saturated carbocycles. The summed E-state index contributed by atoms with van der Waals surface area (Å²) in [5.41, 5.74) is 1.78. The molecular formula is C16H20N2O. The van der Waals surface area contributed by atoms with Gasteiger partial charge in [-0.25, -0.2) is 0 Å². The molecular weight excluding hydrogens is 236 g/mol. The fraction of sp³-hybridized carbons (Fsp3) is 0.438. The van der Waals surface area contributed by atoms with Crippen molar-refractivity contribution >= 4 is 11.6 Å². The van der Waals surface area contributed by atoms with Gasteiger partial charge in [-0.1, -0.05) is 18.2 Å². The summed E-state index contributed by atoms with van der Waals surface area (Å²) < 4.78 is 0. The predicted octanol–water partition coefficient (Wildman–Crippen LogP) is 2.81. The first-order valence-electron chi connectivity index (χ1n) is 7.09. The highest BCUT2D eigenvalue weighted by atomic mass is 16.1. The summed E-state index contributed by atoms with van der Waals surface area (Å²) in [6.45, 7) is 2.59. The van der Waals surface area contributed by atoms with E-state index in [4.69, 9.17) is 0 Å². The lowest BCUT2D eigenvalue weighted by atomic mass is 9.71. The topological polar surface area (TPSA) is 41.1 Å². The molecule has 2 aliphatic rings. The van der Waals surface area contributed by atoms with E-state index >= 15 is 0 Å². The molecule has 0 aliphatic heterocycles. The summed E-state index contributed by atoms with van der Waals surface area (Å²) in [5, 5.41) is 6.39. The van der Waals surface area contributed by atoms with Crippen molar-refractivity contribution in [2.45, 2.75) is 25.8 Å². The highest BCUT2D eigenvalue weighted by Gasteiger charge is 2.40. The van der Waals surface area contributed by atoms with Crippen LogP contribution in [0, 0.1) is 11.8 Å². The fourth-order valence-corrected chi connectivity index (χ4v) is 3.11. The van der Waals surface area contributed by atoms with Crippen LogP contribution in [0.2, 0.25) is 0 Å². The number of carbonyl (C=O) groups is 1. The Kier molecular flexibility index (Phi) is 3.28. The van der Waals surface area contributed by atoms with Gasteiger partial charge in [0.15, 0.2) is 0 Å². The average Bonchev–Trinajstić information content (AvgIpc) is 2.78. The minimum atomic E-state index is -0.00148. The maximum absolute atomic E-state index is 11.8. The van der Waals surface area contributed by atoms with E-state index in [0.717, 1.165) is 17.2 Å². The number of anilines is 1. The van der Waals surface area contributed by atoms with E-state index < -0.39 is 0 Å². The van der Waals surface area contributed by atoms with Crippen LogP contribution in [-0.4, -0.2) is 18.5 Å². The van der Waals surface area contributed by atoms with Crippen molar-refractivity contribution in [1.82, 2.24) is 5.32 Å². The molecule has 0 bridgehead atoms. The highest BCUT2D eigenvalue weighted by molar-refractivity contribution is 5.95. The van der Waals surface area contributed by atoms with E-state index in [2.05, 4.69) is 22.8 Å². The van der Waals surface area contributed by atoms with Gasteiger partial charge in [-0.05, 0) is 43.9 Å². The van der Waals surface area contributed by atoms with Gasteiger partial charge in [0.25, 0.3) is 5.91 Å². The van der Waals surface area contributed by atoms with E-state index in [1.165, 1.54) is 12.8 Å². The zero-order chi connectivity index (χ0) is 13.2. The Morgan fingerprint density at radius 2 is 2.32 bits per heavy atom. The lowest BCUT2D eigenvalue weighted by molar-refractivity contribution is 0.0956. The Morgan fingerprint density at radius 3 is 3.11 bits per heavy atom. The molecule has 2 N–H and O–H groups in total. The summed E-state index contributed by atoms with van der Waals surface area (Å²) in [4.78, 5) is 11.8. The molecule has 1 fully saturated rings. The number of fused-ring (bicyclic) bond motifs is 1. The van der Waals surface area contributed by atoms with Gasteiger partial charge in [-0.15, -0.1) is 0 Å². The Morgan fingerprint density at radius 1 is 1.42 bits per heavy atom. The number of rotatable bonds is 4. The van der Waals surface area contributed by atoms with Crippen molar-refractivity contribution in [3.63, 3.8) is 0 Å². The van der Waals surface area contributed by atoms with Crippen LogP contribution in [-0.2, 0) is 0 Å². The Hall–Kier alpha value is -1.77. The molecule has 3 heteroatoms. The Labute approximate surface area is 114 Å². The number of nitrogens with one attached hydrogen (secondary N) is 2. The normalized spacial score (nSPS) is 27.5. The largest absolute Gasteiger partial charge is 0.382 e. The zero-order valence-corrected chi connectivity index (χ0v) is 11.2. The monoisotopic (exact) mass is 256 g/mol. The molecule has 19 heavy (non-hydrogen) atoms. The van der Waals surface area contributed by atoms with Crippen molar-refractivity contribution in [1.29, 1.82) is 0 Å². The second-order valence-electron chi connectivity index (χ2n) is 5.43. The third-order valence-electron chi connectivity index (χ3n) is 4.18. The van der Waals surface area contributed by atoms with Gasteiger partial charge in [0, 0.05) is 29.8 Å². The van der Waals surface area contributed by atoms with Crippen molar-refractivity contribution in [2.24, 2.45) is 11.8 Å². The molecule has 0 aromatic heterocycles. The molecule has 3 atom stereocenters. The van der Waals surface area contributed by atoms with Crippen LogP contribution in [0.15, 0.2) is 36.4 Å². The molecule has 3 unspecified atom stereocenters. The van der Waals surface area contributed by atoms with Gasteiger partial charge in [0.05, 0.1) is 0 Å². The van der Waals surface area contributed by atoms with E-state index in [0.29, 0.717) is 18.5 Å². The Balaban J connectivity index is 1.66. The van der Waals surface area contributed by atoms with Crippen LogP contribution in [0.5, 0.6) is 0 Å². The van der Waals surface area contributed by atoms with Crippen LogP contribution in [0.1, 0.15) is 30.1 Å². The number of hydrogen-bond donors (Lipinski definition) is 2. The first-order chi connectivity index (χ1) is 9.28. The highest BCUT2D eigenvalue weighted by Crippen LogP contribution is 2.44. The number of amides is 1. The molecule has 0 radical (unpaired) electrons. The fourth-order valence-electron chi connectivity index (χ4n) is 3.11. The maximum atomic E-state index is 11.8. The molecule has 0 saturated heterocycles. The molecule has 100 valence electrons. The molecule has 0 spiro atoms. The predicted molar refractivity (Wildman–Crippen MR) is 77.2 cm³/mol. The molecule has 3 rings (SSSR count). The smallest absolute Gasteiger partial charge is 0.251 e. The second-order valence-corrected chi connectivity index (χ2v) is 5.43. The van der Waals surface area contributed by atoms with Gasteiger partial charge in [0.2, 0.25) is 0 Å². The molecule has 1 amide bonds. The number of hydrogen-bond acceptors (Lipinski definition) is 2. The van der Waals surface area contributed by atoms with Crippen LogP contribution >= 0.6 is 0 Å². The number of carbonyl (C=O) groups excluding carboxylic acids is 1. The summed E-state index contributed by atoms with van der Waals surface area (Å²) in [6, 6.07) is 8.31. The summed E-state index contributed by atoms with van der Waals surface area (Å²) in [5.74, 6) is 1.54. The third-order valence-corrected chi connectivity index (χ3v) is 4.18. The number of allylic oxidation sites excluding steroid dienone is 1. The molecule has 1 aromatic carbocycles. The summed E-state index contributed by atoms with van der Waals surface area (Å²) in [6.07, 6.45) is 7.10. The van der Waals surface area contributed by atoms with Gasteiger partial charge in [0.1, 0.15) is 0 Å². The third kappa shape index (κ3) is 2.37. The average molecular weight is 256 g/mol. The summed E-state index contributed by atoms with van der Waals surface area (Å²) >= 11 is 0. The number of benzene rings is 1. The first-order valence-corrected chi connectivity index (χ1v) is 7.09. The van der Waals surface area contributed by atoms with Crippen molar-refractivity contribution < 1.29 is 4.79 Å². The molecule has 2 aliphatic carbocycles. The van der Waals surface area contributed by atoms with Crippen LogP contribution < -0.4 is 10.6 Å². The lowest BCUT2D eigenvalue weighted by Crippen LogP contribution is -2.43. The van der Waals surface area contributed by atoms with E-state index in [1.807, 2.05) is 31.2 Å². The van der Waals surface area contributed by atoms with E-state index in [-0.39, 0.29) is 5.91 Å². The van der Waals surface area contributed by atoms with Gasteiger partial charge < -0.3 is 10.6 Å². The quantitative estimate of drug-likeness (QED) is 0.813. The van der Waals surface area contributed by atoms with Crippen molar-refractivity contribution in [2.75, 3.05) is 11.9 Å². The minimum Gasteiger partial charge on any atom is -0.382 e. The van der Waals surface area contributed by atoms with Crippen molar-refractivity contribution in [3.05, 3.63) is 42.0 Å². The minimum absolute atomic E-state index is 0.00148. The molecule has 1 aromatic rings. The van der Waals surface area contributed by atoms with Crippen LogP contribution in [0.4, 0.5) is 5.69 Å². The van der Waals surface area contributed by atoms with Crippen LogP contribution in [0.25, 0.3) is 0 Å². The summed E-state index contributed by atoms with van der Waals surface area (Å²) in [7, 11) is 0. The first kappa shape index (κ1) is 12.3.